The topological polar surface area (TPSA) is 56.8 Å². The minimum Gasteiger partial charge on any atom is -0.497 e. The third kappa shape index (κ3) is 6.14. The lowest BCUT2D eigenvalue weighted by Gasteiger charge is -2.17. The SMILES string of the molecule is CCOc1ccc(C(=O)NC2CCCCCC2)cc1COc1ccc(OC)cc1. The molecular weight excluding hydrogens is 366 g/mol. The third-order valence-electron chi connectivity index (χ3n) is 5.27. The minimum atomic E-state index is -0.0226. The summed E-state index contributed by atoms with van der Waals surface area (Å²) in [6.45, 7) is 2.83. The van der Waals surface area contributed by atoms with Crippen molar-refractivity contribution in [1.82, 2.24) is 5.32 Å². The van der Waals surface area contributed by atoms with Crippen LogP contribution in [0.15, 0.2) is 42.5 Å². The Kier molecular flexibility index (Phi) is 7.79. The molecule has 2 aromatic carbocycles. The fraction of sp³-hybridized carbons (Fsp3) is 0.458. The largest absolute Gasteiger partial charge is 0.497 e. The van der Waals surface area contributed by atoms with Gasteiger partial charge in [-0.25, -0.2) is 0 Å². The number of carbonyl (C=O) groups is 1. The molecule has 0 saturated heterocycles. The molecule has 0 unspecified atom stereocenters. The molecule has 0 bridgehead atoms. The third-order valence-corrected chi connectivity index (χ3v) is 5.27. The molecule has 29 heavy (non-hydrogen) atoms. The monoisotopic (exact) mass is 397 g/mol. The standard InChI is InChI=1S/C24H31NO4/c1-3-28-23-15-10-18(24(26)25-20-8-6-4-5-7-9-20)16-19(23)17-29-22-13-11-21(27-2)12-14-22/h10-16,20H,3-9,17H2,1-2H3,(H,25,26). The van der Waals surface area contributed by atoms with Crippen LogP contribution in [0.2, 0.25) is 0 Å². The molecule has 5 heteroatoms. The number of benzene rings is 2. The van der Waals surface area contributed by atoms with Crippen molar-refractivity contribution in [3.05, 3.63) is 53.6 Å². The molecule has 0 heterocycles. The van der Waals surface area contributed by atoms with Gasteiger partial charge < -0.3 is 19.5 Å². The molecule has 0 atom stereocenters. The van der Waals surface area contributed by atoms with E-state index in [-0.39, 0.29) is 11.9 Å². The van der Waals surface area contributed by atoms with Gasteiger partial charge in [0.1, 0.15) is 23.9 Å². The maximum atomic E-state index is 12.8. The predicted octanol–water partition coefficient (Wildman–Crippen LogP) is 5.13. The van der Waals surface area contributed by atoms with Gasteiger partial charge in [0.2, 0.25) is 0 Å². The summed E-state index contributed by atoms with van der Waals surface area (Å²) < 4.78 is 16.8. The zero-order valence-corrected chi connectivity index (χ0v) is 17.4. The highest BCUT2D eigenvalue weighted by Crippen LogP contribution is 2.24. The summed E-state index contributed by atoms with van der Waals surface area (Å²) in [4.78, 5) is 12.8. The Hall–Kier alpha value is -2.69. The highest BCUT2D eigenvalue weighted by molar-refractivity contribution is 5.94. The molecule has 156 valence electrons. The Morgan fingerprint density at radius 3 is 2.31 bits per heavy atom. The smallest absolute Gasteiger partial charge is 0.251 e. The van der Waals surface area contributed by atoms with Crippen molar-refractivity contribution in [1.29, 1.82) is 0 Å². The highest BCUT2D eigenvalue weighted by Gasteiger charge is 2.17. The van der Waals surface area contributed by atoms with Gasteiger partial charge in [0.15, 0.2) is 0 Å². The molecule has 1 N–H and O–H groups in total. The van der Waals surface area contributed by atoms with Gasteiger partial charge in [-0.2, -0.15) is 0 Å². The van der Waals surface area contributed by atoms with E-state index < -0.39 is 0 Å². The fourth-order valence-corrected chi connectivity index (χ4v) is 3.66. The van der Waals surface area contributed by atoms with Crippen molar-refractivity contribution in [2.75, 3.05) is 13.7 Å². The number of hydrogen-bond donors (Lipinski definition) is 1. The Bertz CT molecular complexity index is 780. The number of amides is 1. The van der Waals surface area contributed by atoms with E-state index in [0.29, 0.717) is 18.8 Å². The second-order valence-corrected chi connectivity index (χ2v) is 7.38. The molecular formula is C24H31NO4. The van der Waals surface area contributed by atoms with Crippen LogP contribution in [0.5, 0.6) is 17.2 Å². The van der Waals surface area contributed by atoms with Crippen molar-refractivity contribution < 1.29 is 19.0 Å². The zero-order chi connectivity index (χ0) is 20.5. The summed E-state index contributed by atoms with van der Waals surface area (Å²) in [7, 11) is 1.63. The van der Waals surface area contributed by atoms with Gasteiger partial charge in [-0.3, -0.25) is 4.79 Å². The molecule has 1 aliphatic rings. The summed E-state index contributed by atoms with van der Waals surface area (Å²) in [5.41, 5.74) is 1.50. The van der Waals surface area contributed by atoms with E-state index in [2.05, 4.69) is 5.32 Å². The molecule has 0 aliphatic heterocycles. The van der Waals surface area contributed by atoms with Crippen LogP contribution < -0.4 is 19.5 Å². The van der Waals surface area contributed by atoms with Crippen molar-refractivity contribution in [2.45, 2.75) is 58.1 Å². The van der Waals surface area contributed by atoms with Gasteiger partial charge in [0.05, 0.1) is 13.7 Å². The summed E-state index contributed by atoms with van der Waals surface area (Å²) in [6.07, 6.45) is 7.04. The van der Waals surface area contributed by atoms with Crippen molar-refractivity contribution >= 4 is 5.91 Å². The molecule has 0 radical (unpaired) electrons. The average Bonchev–Trinajstić information content (AvgIpc) is 3.02. The second-order valence-electron chi connectivity index (χ2n) is 7.38. The highest BCUT2D eigenvalue weighted by atomic mass is 16.5. The van der Waals surface area contributed by atoms with Crippen LogP contribution in [0.3, 0.4) is 0 Å². The van der Waals surface area contributed by atoms with Crippen LogP contribution in [-0.4, -0.2) is 25.7 Å². The predicted molar refractivity (Wildman–Crippen MR) is 114 cm³/mol. The van der Waals surface area contributed by atoms with E-state index in [0.717, 1.165) is 35.7 Å². The quantitative estimate of drug-likeness (QED) is 0.628. The number of methoxy groups -OCH3 is 1. The summed E-state index contributed by atoms with van der Waals surface area (Å²) in [6, 6.07) is 13.3. The molecule has 2 aromatic rings. The van der Waals surface area contributed by atoms with E-state index in [9.17, 15) is 4.79 Å². The average molecular weight is 398 g/mol. The van der Waals surface area contributed by atoms with E-state index in [1.807, 2.05) is 49.4 Å². The molecule has 1 saturated carbocycles. The lowest BCUT2D eigenvalue weighted by molar-refractivity contribution is 0.0933. The van der Waals surface area contributed by atoms with Crippen LogP contribution in [0.4, 0.5) is 0 Å². The first-order chi connectivity index (χ1) is 14.2. The van der Waals surface area contributed by atoms with Crippen LogP contribution in [0, 0.1) is 0 Å². The van der Waals surface area contributed by atoms with E-state index >= 15 is 0 Å². The maximum Gasteiger partial charge on any atom is 0.251 e. The normalized spacial score (nSPS) is 14.7. The van der Waals surface area contributed by atoms with Gasteiger partial charge in [-0.05, 0) is 62.2 Å². The van der Waals surface area contributed by atoms with Gasteiger partial charge in [-0.15, -0.1) is 0 Å². The Labute approximate surface area is 173 Å². The van der Waals surface area contributed by atoms with Gasteiger partial charge in [-0.1, -0.05) is 25.7 Å². The Morgan fingerprint density at radius 2 is 1.66 bits per heavy atom. The summed E-state index contributed by atoms with van der Waals surface area (Å²) >= 11 is 0. The minimum absolute atomic E-state index is 0.0226. The van der Waals surface area contributed by atoms with Gasteiger partial charge in [0, 0.05) is 17.2 Å². The molecule has 5 nitrogen and oxygen atoms in total. The van der Waals surface area contributed by atoms with Gasteiger partial charge >= 0.3 is 0 Å². The van der Waals surface area contributed by atoms with E-state index in [1.54, 1.807) is 7.11 Å². The summed E-state index contributed by atoms with van der Waals surface area (Å²) in [5, 5.41) is 3.21. The lowest BCUT2D eigenvalue weighted by Crippen LogP contribution is -2.34. The maximum absolute atomic E-state index is 12.8. The number of nitrogens with one attached hydrogen (secondary N) is 1. The first kappa shape index (κ1) is 21.0. The lowest BCUT2D eigenvalue weighted by atomic mass is 10.1. The van der Waals surface area contributed by atoms with Gasteiger partial charge in [0.25, 0.3) is 5.91 Å². The first-order valence-corrected chi connectivity index (χ1v) is 10.5. The van der Waals surface area contributed by atoms with Crippen LogP contribution in [-0.2, 0) is 6.61 Å². The first-order valence-electron chi connectivity index (χ1n) is 10.5. The van der Waals surface area contributed by atoms with Crippen LogP contribution in [0.1, 0.15) is 61.4 Å². The second kappa shape index (κ2) is 10.7. The number of carbonyl (C=O) groups excluding carboxylic acids is 1. The number of rotatable bonds is 8. The van der Waals surface area contributed by atoms with E-state index in [1.165, 1.54) is 25.7 Å². The molecule has 0 spiro atoms. The van der Waals surface area contributed by atoms with Crippen molar-refractivity contribution in [2.24, 2.45) is 0 Å². The van der Waals surface area contributed by atoms with Crippen molar-refractivity contribution in [3.8, 4) is 17.2 Å². The fourth-order valence-electron chi connectivity index (χ4n) is 3.66. The van der Waals surface area contributed by atoms with Crippen molar-refractivity contribution in [3.63, 3.8) is 0 Å². The molecule has 1 aliphatic carbocycles. The molecule has 1 fully saturated rings. The number of ether oxygens (including phenoxy) is 3. The molecule has 0 aromatic heterocycles. The van der Waals surface area contributed by atoms with Crippen LogP contribution in [0.25, 0.3) is 0 Å². The zero-order valence-electron chi connectivity index (χ0n) is 17.4. The Morgan fingerprint density at radius 1 is 0.966 bits per heavy atom. The summed E-state index contributed by atoms with van der Waals surface area (Å²) in [5.74, 6) is 2.24. The Balaban J connectivity index is 1.69. The molecule has 1 amide bonds. The van der Waals surface area contributed by atoms with Crippen LogP contribution >= 0.6 is 0 Å². The number of hydrogen-bond acceptors (Lipinski definition) is 4. The van der Waals surface area contributed by atoms with E-state index in [4.69, 9.17) is 14.2 Å². The molecule has 3 rings (SSSR count).